The number of fused-ring (bicyclic) bond motifs is 2. The Morgan fingerprint density at radius 2 is 1.37 bits per heavy atom. The molecule has 0 amide bonds. The first kappa shape index (κ1) is 41.1. The first-order valence-electron chi connectivity index (χ1n) is 23.4. The highest BCUT2D eigenvalue weighted by Gasteiger charge is 2.29. The van der Waals surface area contributed by atoms with Crippen molar-refractivity contribution in [3.05, 3.63) is 251 Å². The van der Waals surface area contributed by atoms with Crippen LogP contribution in [0, 0.1) is 23.1 Å². The molecular formula is C63H45F2N3. The Labute approximate surface area is 394 Å². The predicted molar refractivity (Wildman–Crippen MR) is 279 cm³/mol. The number of hydrogen-bond acceptors (Lipinski definition) is 3. The molecule has 2 N–H and O–H groups in total. The van der Waals surface area contributed by atoms with Crippen LogP contribution in [-0.2, 0) is 6.42 Å². The molecule has 3 nitrogen and oxygen atoms in total. The molecule has 5 heteroatoms. The summed E-state index contributed by atoms with van der Waals surface area (Å²) in [5.74, 6) is -0.622. The van der Waals surface area contributed by atoms with E-state index in [4.69, 9.17) is 5.73 Å². The number of halogens is 2. The van der Waals surface area contributed by atoms with Crippen LogP contribution in [0.4, 0.5) is 31.5 Å². The summed E-state index contributed by atoms with van der Waals surface area (Å²) in [7, 11) is 0. The van der Waals surface area contributed by atoms with Crippen molar-refractivity contribution in [2.45, 2.75) is 31.6 Å². The molecular weight excluding hydrogens is 837 g/mol. The third kappa shape index (κ3) is 7.09. The van der Waals surface area contributed by atoms with Crippen LogP contribution in [-0.4, -0.2) is 0 Å². The van der Waals surface area contributed by atoms with Crippen molar-refractivity contribution in [2.24, 2.45) is 5.92 Å². The van der Waals surface area contributed by atoms with Gasteiger partial charge >= 0.3 is 0 Å². The molecule has 0 fully saturated rings. The number of nitrogens with two attached hydrogens (primary N) is 1. The fourth-order valence-electron chi connectivity index (χ4n) is 11.0. The maximum Gasteiger partial charge on any atom is 0.147 e. The summed E-state index contributed by atoms with van der Waals surface area (Å²) >= 11 is 0. The van der Waals surface area contributed by atoms with Crippen molar-refractivity contribution < 1.29 is 8.78 Å². The summed E-state index contributed by atoms with van der Waals surface area (Å²) in [5.41, 5.74) is 17.3. The average Bonchev–Trinajstić information content (AvgIpc) is 3.38. The number of nitrogens with zero attached hydrogens (tertiary/aromatic N) is 2. The van der Waals surface area contributed by atoms with E-state index in [1.165, 1.54) is 5.57 Å². The van der Waals surface area contributed by atoms with E-state index in [2.05, 4.69) is 121 Å². The van der Waals surface area contributed by atoms with Crippen LogP contribution in [0.15, 0.2) is 217 Å². The van der Waals surface area contributed by atoms with Gasteiger partial charge in [0.1, 0.15) is 11.6 Å². The van der Waals surface area contributed by atoms with Gasteiger partial charge in [0.2, 0.25) is 0 Å². The summed E-state index contributed by atoms with van der Waals surface area (Å²) in [6.07, 6.45) is 17.1. The number of nitriles is 1. The Morgan fingerprint density at radius 3 is 2.21 bits per heavy atom. The van der Waals surface area contributed by atoms with E-state index in [1.54, 1.807) is 12.1 Å². The molecule has 3 aliphatic rings. The average molecular weight is 882 g/mol. The number of para-hydroxylation sites is 2. The minimum Gasteiger partial charge on any atom is -0.397 e. The SMILES string of the molecule is N#Cc1ccccc1C(Cc1ccc2ccc3c(N(c4ccccc4N)c4ccc(C5=CCC6C=CC=CC6=C5)cc4F)ccc4ccc1c2c43)C1=C(F)C=C(c2ccc3ccccc3c2)CC1. The predicted octanol–water partition coefficient (Wildman–Crippen LogP) is 16.7. The first-order valence-corrected chi connectivity index (χ1v) is 23.4. The Kier molecular flexibility index (Phi) is 10.2. The van der Waals surface area contributed by atoms with E-state index in [9.17, 15) is 5.26 Å². The summed E-state index contributed by atoms with van der Waals surface area (Å²) in [4.78, 5) is 1.95. The summed E-state index contributed by atoms with van der Waals surface area (Å²) in [6, 6.07) is 54.8. The molecule has 0 heterocycles. The van der Waals surface area contributed by atoms with Crippen LogP contribution < -0.4 is 10.6 Å². The highest BCUT2D eigenvalue weighted by molar-refractivity contribution is 6.26. The lowest BCUT2D eigenvalue weighted by atomic mass is 9.77. The van der Waals surface area contributed by atoms with Gasteiger partial charge in [0, 0.05) is 17.2 Å². The van der Waals surface area contributed by atoms with Crippen LogP contribution in [0.25, 0.3) is 54.2 Å². The van der Waals surface area contributed by atoms with Crippen molar-refractivity contribution in [1.82, 2.24) is 0 Å². The van der Waals surface area contributed by atoms with Crippen molar-refractivity contribution in [1.29, 1.82) is 5.26 Å². The second-order valence-electron chi connectivity index (χ2n) is 18.2. The Hall–Kier alpha value is -8.33. The van der Waals surface area contributed by atoms with Crippen molar-refractivity contribution in [2.75, 3.05) is 10.6 Å². The van der Waals surface area contributed by atoms with Gasteiger partial charge in [0.05, 0.1) is 34.4 Å². The molecule has 0 saturated carbocycles. The van der Waals surface area contributed by atoms with E-state index in [-0.39, 0.29) is 17.6 Å². The molecule has 3 aliphatic carbocycles. The number of rotatable bonds is 9. The van der Waals surface area contributed by atoms with Gasteiger partial charge in [-0.05, 0) is 156 Å². The largest absolute Gasteiger partial charge is 0.397 e. The molecule has 0 spiro atoms. The zero-order valence-electron chi connectivity index (χ0n) is 37.3. The summed E-state index contributed by atoms with van der Waals surface area (Å²) in [6.45, 7) is 0. The molecule has 9 aromatic carbocycles. The normalized spacial score (nSPS) is 16.2. The standard InChI is InChI=1S/C63H45F2N3/c64-56-36-47(45-20-17-39-9-1-3-11-43(39)33-45)25-29-53(56)55(51-14-6-5-13-50(51)38-66)35-49-22-19-41-24-30-54-59(31-26-42-23-28-52(49)62(41)63(42)54)68(61-16-8-7-15-58(61)67)60-32-27-48(37-57(60)65)46-21-18-40-10-2-4-12-44(40)34-46/h1-17,19-24,26-28,30-34,36-37,40,55H,18,25,29,35,67H2. The molecule has 0 aromatic heterocycles. The second kappa shape index (κ2) is 16.8. The van der Waals surface area contributed by atoms with E-state index in [0.717, 1.165) is 88.6 Å². The van der Waals surface area contributed by atoms with Crippen molar-refractivity contribution in [3.63, 3.8) is 0 Å². The van der Waals surface area contributed by atoms with Gasteiger partial charge in [-0.15, -0.1) is 0 Å². The third-order valence-corrected chi connectivity index (χ3v) is 14.5. The number of anilines is 4. The fourth-order valence-corrected chi connectivity index (χ4v) is 11.0. The highest BCUT2D eigenvalue weighted by Crippen LogP contribution is 2.48. The molecule has 9 aromatic rings. The molecule has 68 heavy (non-hydrogen) atoms. The van der Waals surface area contributed by atoms with Crippen LogP contribution >= 0.6 is 0 Å². The van der Waals surface area contributed by atoms with Gasteiger partial charge in [0.25, 0.3) is 0 Å². The number of hydrogen-bond donors (Lipinski definition) is 1. The number of benzene rings is 9. The zero-order valence-corrected chi connectivity index (χ0v) is 37.3. The third-order valence-electron chi connectivity index (χ3n) is 14.5. The van der Waals surface area contributed by atoms with Gasteiger partial charge in [-0.2, -0.15) is 5.26 Å². The van der Waals surface area contributed by atoms with Gasteiger partial charge in [-0.3, -0.25) is 0 Å². The first-order chi connectivity index (χ1) is 33.4. The minimum atomic E-state index is -0.380. The quantitative estimate of drug-likeness (QED) is 0.116. The maximum atomic E-state index is 17.0. The Bertz CT molecular complexity index is 3760. The lowest BCUT2D eigenvalue weighted by Gasteiger charge is -2.29. The van der Waals surface area contributed by atoms with E-state index in [1.807, 2.05) is 77.7 Å². The van der Waals surface area contributed by atoms with Gasteiger partial charge in [0.15, 0.2) is 0 Å². The molecule has 12 rings (SSSR count). The van der Waals surface area contributed by atoms with E-state index >= 15 is 8.78 Å². The molecule has 0 aliphatic heterocycles. The second-order valence-corrected chi connectivity index (χ2v) is 18.2. The fraction of sp³-hybridized carbons (Fsp3) is 0.0952. The van der Waals surface area contributed by atoms with Crippen LogP contribution in [0.3, 0.4) is 0 Å². The molecule has 2 unspecified atom stereocenters. The lowest BCUT2D eigenvalue weighted by molar-refractivity contribution is 0.603. The van der Waals surface area contributed by atoms with Crippen LogP contribution in [0.1, 0.15) is 53.0 Å². The van der Waals surface area contributed by atoms with E-state index < -0.39 is 0 Å². The molecule has 326 valence electrons. The smallest absolute Gasteiger partial charge is 0.147 e. The van der Waals surface area contributed by atoms with Gasteiger partial charge < -0.3 is 10.6 Å². The minimum absolute atomic E-state index is 0.236. The highest BCUT2D eigenvalue weighted by atomic mass is 19.1. The number of nitrogen functional groups attached to an aromatic ring is 1. The van der Waals surface area contributed by atoms with Gasteiger partial charge in [-0.1, -0.05) is 152 Å². The monoisotopic (exact) mass is 881 g/mol. The van der Waals surface area contributed by atoms with Crippen LogP contribution in [0.2, 0.25) is 0 Å². The van der Waals surface area contributed by atoms with Crippen molar-refractivity contribution in [3.8, 4) is 6.07 Å². The summed E-state index contributed by atoms with van der Waals surface area (Å²) in [5, 5.41) is 18.9. The van der Waals surface area contributed by atoms with Crippen LogP contribution in [0.5, 0.6) is 0 Å². The van der Waals surface area contributed by atoms with Crippen molar-refractivity contribution >= 4 is 77.0 Å². The molecule has 0 bridgehead atoms. The maximum absolute atomic E-state index is 17.0. The zero-order chi connectivity index (χ0) is 45.9. The Balaban J connectivity index is 0.975. The Morgan fingerprint density at radius 1 is 0.647 bits per heavy atom. The topological polar surface area (TPSA) is 53.0 Å². The van der Waals surface area contributed by atoms with E-state index in [0.29, 0.717) is 53.4 Å². The molecule has 0 radical (unpaired) electrons. The molecule has 0 saturated heterocycles. The summed E-state index contributed by atoms with van der Waals surface area (Å²) < 4.78 is 33.9. The van der Waals surface area contributed by atoms with Gasteiger partial charge in [-0.25, -0.2) is 8.78 Å². The lowest BCUT2D eigenvalue weighted by Crippen LogP contribution is -2.14. The number of allylic oxidation sites excluding steroid dienone is 12. The molecule has 2 atom stereocenters.